The summed E-state index contributed by atoms with van der Waals surface area (Å²) in [4.78, 5) is 30.8. The Balaban J connectivity index is 1.87. The van der Waals surface area contributed by atoms with Gasteiger partial charge < -0.3 is 18.8 Å². The maximum Gasteiger partial charge on any atom is 0.338 e. The number of nitrogens with zero attached hydrogens (tertiary/aromatic N) is 2. The first-order chi connectivity index (χ1) is 16.6. The van der Waals surface area contributed by atoms with Crippen LogP contribution in [-0.4, -0.2) is 43.4 Å². The van der Waals surface area contributed by atoms with Gasteiger partial charge in [0.15, 0.2) is 4.80 Å². The highest BCUT2D eigenvalue weighted by Gasteiger charge is 2.18. The number of aromatic nitrogens is 1. The normalized spacial score (nSPS) is 11.8. The van der Waals surface area contributed by atoms with E-state index in [2.05, 4.69) is 4.99 Å². The summed E-state index contributed by atoms with van der Waals surface area (Å²) in [5, 5.41) is 1.73. The molecular weight excluding hydrogens is 452 g/mol. The Bertz CT molecular complexity index is 1420. The standard InChI is InChI=1S/C26H26N2O5S/c1-4-32-21-13-11-17-8-6-7-9-19(17)23(21)24(29)27-26-28(14-15-31-3)20-12-10-18(16-22(20)34-26)25(30)33-5-2/h6-13,16H,4-5,14-15H2,1-3H3. The third-order valence-electron chi connectivity index (χ3n) is 5.31. The Labute approximate surface area is 201 Å². The second-order valence-electron chi connectivity index (χ2n) is 7.44. The molecule has 34 heavy (non-hydrogen) atoms. The third-order valence-corrected chi connectivity index (χ3v) is 6.36. The quantitative estimate of drug-likeness (QED) is 0.339. The van der Waals surface area contributed by atoms with E-state index in [0.29, 0.717) is 48.0 Å². The Morgan fingerprint density at radius 2 is 1.85 bits per heavy atom. The molecule has 0 fully saturated rings. The van der Waals surface area contributed by atoms with E-state index in [1.807, 2.05) is 54.0 Å². The molecule has 1 amide bonds. The molecule has 4 rings (SSSR count). The van der Waals surface area contributed by atoms with Crippen LogP contribution in [0.1, 0.15) is 34.6 Å². The van der Waals surface area contributed by atoms with Crippen LogP contribution >= 0.6 is 11.3 Å². The van der Waals surface area contributed by atoms with Crippen molar-refractivity contribution in [2.24, 2.45) is 4.99 Å². The summed E-state index contributed by atoms with van der Waals surface area (Å²) in [6, 6.07) is 16.8. The third kappa shape index (κ3) is 4.73. The van der Waals surface area contributed by atoms with Gasteiger partial charge in [-0.2, -0.15) is 4.99 Å². The molecule has 0 aliphatic rings. The highest BCUT2D eigenvalue weighted by molar-refractivity contribution is 7.16. The molecule has 3 aromatic carbocycles. The van der Waals surface area contributed by atoms with Crippen molar-refractivity contribution < 1.29 is 23.8 Å². The van der Waals surface area contributed by atoms with E-state index in [9.17, 15) is 9.59 Å². The number of carbonyl (C=O) groups is 2. The number of ether oxygens (including phenoxy) is 3. The topological polar surface area (TPSA) is 79.1 Å². The molecule has 176 valence electrons. The summed E-state index contributed by atoms with van der Waals surface area (Å²) < 4.78 is 18.9. The summed E-state index contributed by atoms with van der Waals surface area (Å²) in [5.74, 6) is -0.263. The minimum atomic E-state index is -0.386. The highest BCUT2D eigenvalue weighted by atomic mass is 32.1. The Hall–Kier alpha value is -3.49. The van der Waals surface area contributed by atoms with E-state index in [1.165, 1.54) is 11.3 Å². The van der Waals surface area contributed by atoms with Gasteiger partial charge in [0.05, 0.1) is 41.2 Å². The lowest BCUT2D eigenvalue weighted by Gasteiger charge is -2.11. The lowest BCUT2D eigenvalue weighted by molar-refractivity contribution is 0.0526. The van der Waals surface area contributed by atoms with Gasteiger partial charge in [-0.05, 0) is 48.9 Å². The first-order valence-corrected chi connectivity index (χ1v) is 11.9. The summed E-state index contributed by atoms with van der Waals surface area (Å²) in [5.41, 5.74) is 1.76. The molecule has 8 heteroatoms. The minimum Gasteiger partial charge on any atom is -0.493 e. The molecule has 4 aromatic rings. The number of methoxy groups -OCH3 is 1. The monoisotopic (exact) mass is 478 g/mol. The second kappa shape index (κ2) is 10.6. The molecule has 0 aliphatic heterocycles. The number of hydrogen-bond donors (Lipinski definition) is 0. The molecular formula is C26H26N2O5S. The largest absolute Gasteiger partial charge is 0.493 e. The Morgan fingerprint density at radius 1 is 1.03 bits per heavy atom. The predicted molar refractivity (Wildman–Crippen MR) is 133 cm³/mol. The minimum absolute atomic E-state index is 0.303. The zero-order chi connectivity index (χ0) is 24.1. The number of carbonyl (C=O) groups excluding carboxylic acids is 2. The molecule has 0 aliphatic carbocycles. The van der Waals surface area contributed by atoms with Gasteiger partial charge in [0, 0.05) is 13.7 Å². The van der Waals surface area contributed by atoms with Crippen LogP contribution in [0.4, 0.5) is 0 Å². The maximum absolute atomic E-state index is 13.5. The van der Waals surface area contributed by atoms with E-state index < -0.39 is 0 Å². The van der Waals surface area contributed by atoms with Gasteiger partial charge in [-0.15, -0.1) is 0 Å². The molecule has 0 atom stereocenters. The van der Waals surface area contributed by atoms with Crippen LogP contribution in [0.15, 0.2) is 59.6 Å². The lowest BCUT2D eigenvalue weighted by atomic mass is 10.0. The fraction of sp³-hybridized carbons (Fsp3) is 0.269. The van der Waals surface area contributed by atoms with Gasteiger partial charge in [0.2, 0.25) is 0 Å². The van der Waals surface area contributed by atoms with E-state index in [4.69, 9.17) is 14.2 Å². The van der Waals surface area contributed by atoms with Gasteiger partial charge in [-0.3, -0.25) is 4.79 Å². The molecule has 0 saturated heterocycles. The van der Waals surface area contributed by atoms with Gasteiger partial charge in [0.1, 0.15) is 5.75 Å². The van der Waals surface area contributed by atoms with E-state index >= 15 is 0 Å². The smallest absolute Gasteiger partial charge is 0.338 e. The molecule has 0 bridgehead atoms. The zero-order valence-corrected chi connectivity index (χ0v) is 20.2. The van der Waals surface area contributed by atoms with Crippen LogP contribution in [-0.2, 0) is 16.0 Å². The number of benzene rings is 3. The molecule has 1 aromatic heterocycles. The summed E-state index contributed by atoms with van der Waals surface area (Å²) >= 11 is 1.34. The maximum atomic E-state index is 13.5. The predicted octanol–water partition coefficient (Wildman–Crippen LogP) is 4.82. The number of esters is 1. The zero-order valence-electron chi connectivity index (χ0n) is 19.4. The van der Waals surface area contributed by atoms with E-state index in [-0.39, 0.29) is 11.9 Å². The highest BCUT2D eigenvalue weighted by Crippen LogP contribution is 2.29. The van der Waals surface area contributed by atoms with Crippen LogP contribution in [0.3, 0.4) is 0 Å². The van der Waals surface area contributed by atoms with Crippen LogP contribution in [0, 0.1) is 0 Å². The van der Waals surface area contributed by atoms with Crippen molar-refractivity contribution in [3.8, 4) is 5.75 Å². The summed E-state index contributed by atoms with van der Waals surface area (Å²) in [6.07, 6.45) is 0. The first kappa shape index (κ1) is 23.7. The Kier molecular flexibility index (Phi) is 7.40. The van der Waals surface area contributed by atoms with Crippen molar-refractivity contribution in [3.05, 3.63) is 70.5 Å². The second-order valence-corrected chi connectivity index (χ2v) is 8.45. The summed E-state index contributed by atoms with van der Waals surface area (Å²) in [6.45, 7) is 5.35. The molecule has 0 radical (unpaired) electrons. The van der Waals surface area contributed by atoms with Gasteiger partial charge in [0.25, 0.3) is 5.91 Å². The van der Waals surface area contributed by atoms with Crippen molar-refractivity contribution in [1.29, 1.82) is 0 Å². The number of amides is 1. The number of fused-ring (bicyclic) bond motifs is 2. The fourth-order valence-electron chi connectivity index (χ4n) is 3.79. The van der Waals surface area contributed by atoms with Crippen molar-refractivity contribution in [2.75, 3.05) is 26.9 Å². The van der Waals surface area contributed by atoms with E-state index in [0.717, 1.165) is 21.0 Å². The van der Waals surface area contributed by atoms with Crippen LogP contribution in [0.2, 0.25) is 0 Å². The first-order valence-electron chi connectivity index (χ1n) is 11.1. The van der Waals surface area contributed by atoms with Crippen molar-refractivity contribution in [2.45, 2.75) is 20.4 Å². The van der Waals surface area contributed by atoms with Crippen molar-refractivity contribution >= 4 is 44.2 Å². The van der Waals surface area contributed by atoms with Crippen molar-refractivity contribution in [1.82, 2.24) is 4.57 Å². The average Bonchev–Trinajstić information content (AvgIpc) is 3.18. The fourth-order valence-corrected chi connectivity index (χ4v) is 4.88. The van der Waals surface area contributed by atoms with Crippen LogP contribution in [0.5, 0.6) is 5.75 Å². The lowest BCUT2D eigenvalue weighted by Crippen LogP contribution is -2.19. The van der Waals surface area contributed by atoms with Gasteiger partial charge in [-0.25, -0.2) is 4.79 Å². The summed E-state index contributed by atoms with van der Waals surface area (Å²) in [7, 11) is 1.63. The Morgan fingerprint density at radius 3 is 2.62 bits per heavy atom. The number of thiazole rings is 1. The van der Waals surface area contributed by atoms with Gasteiger partial charge >= 0.3 is 5.97 Å². The van der Waals surface area contributed by atoms with Crippen LogP contribution < -0.4 is 9.54 Å². The van der Waals surface area contributed by atoms with Crippen molar-refractivity contribution in [3.63, 3.8) is 0 Å². The molecule has 7 nitrogen and oxygen atoms in total. The van der Waals surface area contributed by atoms with Crippen LogP contribution in [0.25, 0.3) is 21.0 Å². The molecule has 0 unspecified atom stereocenters. The number of hydrogen-bond acceptors (Lipinski definition) is 6. The molecule has 0 spiro atoms. The average molecular weight is 479 g/mol. The SMILES string of the molecule is CCOC(=O)c1ccc2c(c1)sc(=NC(=O)c1c(OCC)ccc3ccccc13)n2CCOC. The molecule has 0 N–H and O–H groups in total. The van der Waals surface area contributed by atoms with Gasteiger partial charge in [-0.1, -0.05) is 41.7 Å². The molecule has 0 saturated carbocycles. The molecule has 1 heterocycles. The number of rotatable bonds is 8. The van der Waals surface area contributed by atoms with E-state index in [1.54, 1.807) is 26.2 Å².